The molecule has 0 aliphatic heterocycles. The first-order valence-corrected chi connectivity index (χ1v) is 5.02. The van der Waals surface area contributed by atoms with Crippen molar-refractivity contribution in [2.24, 2.45) is 0 Å². The maximum absolute atomic E-state index is 7.13. The minimum absolute atomic E-state index is 0. The van der Waals surface area contributed by atoms with E-state index >= 15 is 0 Å². The normalized spacial score (nSPS) is 2.53. The van der Waals surface area contributed by atoms with Crippen LogP contribution in [0.5, 0.6) is 0 Å². The summed E-state index contributed by atoms with van der Waals surface area (Å²) in [6, 6.07) is 0. The van der Waals surface area contributed by atoms with Crippen molar-refractivity contribution in [3.63, 3.8) is 0 Å². The topological polar surface area (TPSA) is 134 Å². The van der Waals surface area contributed by atoms with Gasteiger partial charge in [0.15, 0.2) is 0 Å². The van der Waals surface area contributed by atoms with E-state index in [1.807, 2.05) is 0 Å². The predicted octanol–water partition coefficient (Wildman–Crippen LogP) is 3.95. The fourth-order valence-corrected chi connectivity index (χ4v) is 0. The molecule has 0 radical (unpaired) electrons. The van der Waals surface area contributed by atoms with E-state index in [1.165, 1.54) is 31.0 Å². The Morgan fingerprint density at radius 1 is 0.368 bits per heavy atom. The minimum atomic E-state index is 0. The van der Waals surface area contributed by atoms with E-state index in [0.29, 0.717) is 0 Å². The molecule has 0 aromatic rings. The molecule has 0 amide bonds. The van der Waals surface area contributed by atoms with Gasteiger partial charge in [0.1, 0.15) is 0 Å². The summed E-state index contributed by atoms with van der Waals surface area (Å²) in [4.78, 5) is 0. The van der Waals surface area contributed by atoms with E-state index in [2.05, 4.69) is 73.3 Å². The number of isothiocyanates is 6. The summed E-state index contributed by atoms with van der Waals surface area (Å²) >= 11 is 22.2. The van der Waals surface area contributed by atoms with Crippen LogP contribution >= 0.6 is 73.3 Å². The summed E-state index contributed by atoms with van der Waals surface area (Å²) in [6.07, 6.45) is 0. The SMILES string of the molecule is [N-]=C=S.[N-]=C=S.[N-]=C=S.[N-]=C=S.[N-]=C=S.[N-]=C=S.[U]. The summed E-state index contributed by atoms with van der Waals surface area (Å²) in [5, 5.41) is 50.8. The molecule has 0 atom stereocenters. The first-order chi connectivity index (χ1) is 8.49. The molecule has 0 aliphatic carbocycles. The quantitative estimate of drug-likeness (QED) is 0.312. The van der Waals surface area contributed by atoms with Gasteiger partial charge >= 0.3 is 0 Å². The van der Waals surface area contributed by atoms with Gasteiger partial charge in [-0.25, -0.2) is 0 Å². The molecule has 0 saturated heterocycles. The van der Waals surface area contributed by atoms with Crippen LogP contribution in [0.15, 0.2) is 0 Å². The van der Waals surface area contributed by atoms with Crippen LogP contribution in [-0.2, 0) is 0 Å². The maximum Gasteiger partial charge on any atom is 0 e. The van der Waals surface area contributed by atoms with Crippen LogP contribution in [0.4, 0.5) is 0 Å². The van der Waals surface area contributed by atoms with Gasteiger partial charge in [0.05, 0.1) is 0 Å². The summed E-state index contributed by atoms with van der Waals surface area (Å²) in [6.45, 7) is 0. The molecule has 0 bridgehead atoms. The first-order valence-electron chi connectivity index (χ1n) is 2.57. The zero-order valence-electron chi connectivity index (χ0n) is 8.63. The molecule has 6 nitrogen and oxygen atoms in total. The van der Waals surface area contributed by atoms with Gasteiger partial charge in [-0.1, -0.05) is 73.3 Å². The van der Waals surface area contributed by atoms with Crippen molar-refractivity contribution < 1.29 is 31.1 Å². The Balaban J connectivity index is -0.0000000180. The van der Waals surface area contributed by atoms with Crippen LogP contribution in [0.3, 0.4) is 0 Å². The molecule has 100 valence electrons. The monoisotopic (exact) mass is 586 g/mol. The van der Waals surface area contributed by atoms with Crippen molar-refractivity contribution in [3.05, 3.63) is 32.5 Å². The van der Waals surface area contributed by atoms with Crippen molar-refractivity contribution in [1.29, 1.82) is 0 Å². The smallest absolute Gasteiger partial charge is 0 e. The van der Waals surface area contributed by atoms with Crippen molar-refractivity contribution in [2.45, 2.75) is 0 Å². The molecule has 0 aromatic heterocycles. The Bertz CT molecular complexity index is 253. The van der Waals surface area contributed by atoms with Gasteiger partial charge in [0.25, 0.3) is 0 Å². The van der Waals surface area contributed by atoms with E-state index in [0.717, 1.165) is 0 Å². The average molecular weight is 587 g/mol. The van der Waals surface area contributed by atoms with Gasteiger partial charge in [0, 0.05) is 31.1 Å². The molecule has 0 unspecified atom stereocenters. The molecule has 19 heavy (non-hydrogen) atoms. The second kappa shape index (κ2) is 148. The van der Waals surface area contributed by atoms with Gasteiger partial charge in [-0.15, -0.1) is 0 Å². The molecule has 0 rings (SSSR count). The number of hydrogen-bond donors (Lipinski definition) is 0. The van der Waals surface area contributed by atoms with Gasteiger partial charge < -0.3 is 32.5 Å². The molecule has 13 heteroatoms. The third kappa shape index (κ3) is 205000. The van der Waals surface area contributed by atoms with Gasteiger partial charge in [0.2, 0.25) is 0 Å². The van der Waals surface area contributed by atoms with Crippen molar-refractivity contribution in [1.82, 2.24) is 0 Å². The second-order valence-electron chi connectivity index (χ2n) is 0.548. The zero-order chi connectivity index (χ0) is 16.2. The minimum Gasteiger partial charge on any atom is -0.753 e. The van der Waals surface area contributed by atoms with Crippen LogP contribution in [-0.4, -0.2) is 31.0 Å². The van der Waals surface area contributed by atoms with E-state index < -0.39 is 0 Å². The maximum atomic E-state index is 7.13. The molecule has 0 N–H and O–H groups in total. The average Bonchev–Trinajstić information content (AvgIpc) is 2.23. The van der Waals surface area contributed by atoms with E-state index in [4.69, 9.17) is 32.5 Å². The molecule has 0 spiro atoms. The first kappa shape index (κ1) is 42.8. The summed E-state index contributed by atoms with van der Waals surface area (Å²) in [7, 11) is 0. The van der Waals surface area contributed by atoms with E-state index in [9.17, 15) is 0 Å². The predicted molar refractivity (Wildman–Crippen MR) is 95.7 cm³/mol. The summed E-state index contributed by atoms with van der Waals surface area (Å²) in [5.74, 6) is 0. The van der Waals surface area contributed by atoms with Crippen LogP contribution in [0.2, 0.25) is 0 Å². The second-order valence-corrected chi connectivity index (χ2v) is 1.64. The van der Waals surface area contributed by atoms with E-state index in [-0.39, 0.29) is 31.1 Å². The largest absolute Gasteiger partial charge is 0.753 e. The van der Waals surface area contributed by atoms with Crippen molar-refractivity contribution in [3.8, 4) is 0 Å². The van der Waals surface area contributed by atoms with Crippen LogP contribution in [0.25, 0.3) is 32.5 Å². The van der Waals surface area contributed by atoms with Crippen LogP contribution in [0.1, 0.15) is 0 Å². The Kier molecular flexibility index (Phi) is 333. The fraction of sp³-hybridized carbons (Fsp3) is 0. The molecule has 0 aliphatic rings. The molecule has 0 aromatic carbocycles. The van der Waals surface area contributed by atoms with Gasteiger partial charge in [-0.3, -0.25) is 0 Å². The fourth-order valence-electron chi connectivity index (χ4n) is 0. The summed E-state index contributed by atoms with van der Waals surface area (Å²) < 4.78 is 0. The number of thiocarbonyl (C=S) groups is 6. The molecule has 0 fully saturated rings. The third-order valence-electron chi connectivity index (χ3n) is 0. The standard InChI is InChI=1S/6CNS.U/c6*2-1-3;/q6*-1;. The molecular formula is C6N6S6U-6. The van der Waals surface area contributed by atoms with Crippen molar-refractivity contribution in [2.75, 3.05) is 0 Å². The Morgan fingerprint density at radius 3 is 0.368 bits per heavy atom. The van der Waals surface area contributed by atoms with Crippen LogP contribution < -0.4 is 0 Å². The zero-order valence-corrected chi connectivity index (χ0v) is 17.7. The number of hydrogen-bond acceptors (Lipinski definition) is 6. The van der Waals surface area contributed by atoms with Crippen LogP contribution in [0, 0.1) is 31.1 Å². The Labute approximate surface area is 166 Å². The number of nitrogens with zero attached hydrogens (tertiary/aromatic N) is 6. The Hall–Kier alpha value is -0.148. The Morgan fingerprint density at radius 2 is 0.368 bits per heavy atom. The van der Waals surface area contributed by atoms with E-state index in [1.54, 1.807) is 0 Å². The summed E-state index contributed by atoms with van der Waals surface area (Å²) in [5.41, 5.74) is 0. The van der Waals surface area contributed by atoms with Gasteiger partial charge in [-0.05, 0) is 0 Å². The number of rotatable bonds is 0. The third-order valence-corrected chi connectivity index (χ3v) is 0. The molecular weight excluding hydrogens is 587 g/mol. The molecule has 0 heterocycles. The van der Waals surface area contributed by atoms with Gasteiger partial charge in [-0.2, -0.15) is 31.0 Å². The van der Waals surface area contributed by atoms with Crippen molar-refractivity contribution >= 4 is 104 Å². The molecule has 0 saturated carbocycles.